The number of phenolic OH excluding ortho intramolecular Hbond substituents is 1. The maximum absolute atomic E-state index is 13.1. The summed E-state index contributed by atoms with van der Waals surface area (Å²) in [7, 11) is 0. The maximum atomic E-state index is 13.1. The number of aromatic nitrogens is 4. The van der Waals surface area contributed by atoms with Crippen molar-refractivity contribution in [3.63, 3.8) is 0 Å². The minimum Gasteiger partial charge on any atom is -0.506 e. The number of carbonyl (C=O) groups is 1. The number of phenols is 1. The summed E-state index contributed by atoms with van der Waals surface area (Å²) in [4.78, 5) is 14.4. The molecule has 11 heteroatoms. The summed E-state index contributed by atoms with van der Waals surface area (Å²) in [5.74, 6) is -1.27. The van der Waals surface area contributed by atoms with Crippen LogP contribution in [-0.2, 0) is 11.0 Å². The standard InChI is InChI=1S/C19H19F3N6O2/c1-11-2-3-13(14(29)10-11)23-17(30)12-6-8-27(9-7-12)16-5-4-15-24-25-18(19(20,21)22)28(15)26-16/h2-5,10,12,29H,6-9H2,1H3,(H,23,30). The number of nitrogens with one attached hydrogen (secondary N) is 1. The van der Waals surface area contributed by atoms with Crippen molar-refractivity contribution in [2.75, 3.05) is 23.3 Å². The summed E-state index contributed by atoms with van der Waals surface area (Å²) >= 11 is 0. The number of alkyl halides is 3. The monoisotopic (exact) mass is 420 g/mol. The Balaban J connectivity index is 1.43. The van der Waals surface area contributed by atoms with E-state index in [0.717, 1.165) is 5.56 Å². The third-order valence-corrected chi connectivity index (χ3v) is 5.10. The zero-order valence-electron chi connectivity index (χ0n) is 16.0. The molecule has 0 saturated carbocycles. The first kappa shape index (κ1) is 19.9. The van der Waals surface area contributed by atoms with E-state index < -0.39 is 12.0 Å². The van der Waals surface area contributed by atoms with Gasteiger partial charge in [0.1, 0.15) is 11.6 Å². The van der Waals surface area contributed by atoms with Gasteiger partial charge in [0, 0.05) is 19.0 Å². The number of benzene rings is 1. The number of amides is 1. The number of halogens is 3. The Morgan fingerprint density at radius 1 is 1.17 bits per heavy atom. The fraction of sp³-hybridized carbons (Fsp3) is 0.368. The first-order valence-corrected chi connectivity index (χ1v) is 9.37. The van der Waals surface area contributed by atoms with Crippen molar-refractivity contribution < 1.29 is 23.1 Å². The molecule has 1 amide bonds. The van der Waals surface area contributed by atoms with E-state index in [1.807, 2.05) is 11.8 Å². The lowest BCUT2D eigenvalue weighted by atomic mass is 9.95. The molecule has 3 heterocycles. The molecule has 2 N–H and O–H groups in total. The fourth-order valence-corrected chi connectivity index (χ4v) is 3.48. The van der Waals surface area contributed by atoms with Gasteiger partial charge in [0.2, 0.25) is 5.91 Å². The predicted octanol–water partition coefficient (Wildman–Crippen LogP) is 3.01. The van der Waals surface area contributed by atoms with Crippen LogP contribution in [0.2, 0.25) is 0 Å². The van der Waals surface area contributed by atoms with E-state index in [1.54, 1.807) is 24.3 Å². The number of aryl methyl sites for hydroxylation is 1. The van der Waals surface area contributed by atoms with E-state index in [2.05, 4.69) is 20.6 Å². The molecule has 3 aromatic rings. The molecule has 1 aliphatic rings. The second-order valence-electron chi connectivity index (χ2n) is 7.25. The average molecular weight is 420 g/mol. The summed E-state index contributed by atoms with van der Waals surface area (Å²) in [6.07, 6.45) is -3.64. The van der Waals surface area contributed by atoms with E-state index in [4.69, 9.17) is 0 Å². The number of anilines is 2. The first-order valence-electron chi connectivity index (χ1n) is 9.37. The van der Waals surface area contributed by atoms with Gasteiger partial charge in [-0.1, -0.05) is 6.07 Å². The van der Waals surface area contributed by atoms with Gasteiger partial charge in [-0.25, -0.2) is 0 Å². The Labute approximate surface area is 169 Å². The number of rotatable bonds is 3. The van der Waals surface area contributed by atoms with Gasteiger partial charge in [0.15, 0.2) is 5.65 Å². The maximum Gasteiger partial charge on any atom is 0.453 e. The van der Waals surface area contributed by atoms with E-state index in [1.165, 1.54) is 6.07 Å². The van der Waals surface area contributed by atoms with Gasteiger partial charge in [-0.3, -0.25) is 4.79 Å². The summed E-state index contributed by atoms with van der Waals surface area (Å²) in [6, 6.07) is 8.03. The fourth-order valence-electron chi connectivity index (χ4n) is 3.48. The molecule has 30 heavy (non-hydrogen) atoms. The number of hydrogen-bond donors (Lipinski definition) is 2. The highest BCUT2D eigenvalue weighted by molar-refractivity contribution is 5.94. The largest absolute Gasteiger partial charge is 0.506 e. The topological polar surface area (TPSA) is 95.7 Å². The third kappa shape index (κ3) is 3.87. The van der Waals surface area contributed by atoms with Gasteiger partial charge in [-0.15, -0.1) is 15.3 Å². The summed E-state index contributed by atoms with van der Waals surface area (Å²) in [5, 5.41) is 23.4. The molecule has 0 spiro atoms. The molecule has 1 saturated heterocycles. The minimum absolute atomic E-state index is 0.00713. The molecule has 1 aliphatic heterocycles. The second kappa shape index (κ2) is 7.47. The van der Waals surface area contributed by atoms with Crippen molar-refractivity contribution in [3.8, 4) is 5.75 Å². The van der Waals surface area contributed by atoms with Crippen LogP contribution in [0.5, 0.6) is 5.75 Å². The van der Waals surface area contributed by atoms with Gasteiger partial charge in [-0.05, 0) is 49.6 Å². The molecule has 4 rings (SSSR count). The molecule has 158 valence electrons. The van der Waals surface area contributed by atoms with Crippen LogP contribution in [0.15, 0.2) is 30.3 Å². The summed E-state index contributed by atoms with van der Waals surface area (Å²) in [5.41, 5.74) is 1.25. The van der Waals surface area contributed by atoms with Crippen LogP contribution >= 0.6 is 0 Å². The SMILES string of the molecule is Cc1ccc(NC(=O)C2CCN(c3ccc4nnc(C(F)(F)F)n4n3)CC2)c(O)c1. The minimum atomic E-state index is -4.66. The molecule has 2 aromatic heterocycles. The van der Waals surface area contributed by atoms with Crippen molar-refractivity contribution in [2.45, 2.75) is 25.9 Å². The lowest BCUT2D eigenvalue weighted by Crippen LogP contribution is -2.38. The molecule has 1 aromatic carbocycles. The van der Waals surface area contributed by atoms with E-state index in [9.17, 15) is 23.1 Å². The van der Waals surface area contributed by atoms with Crippen LogP contribution in [0.4, 0.5) is 24.7 Å². The molecular weight excluding hydrogens is 401 g/mol. The zero-order valence-corrected chi connectivity index (χ0v) is 16.0. The van der Waals surface area contributed by atoms with Crippen molar-refractivity contribution >= 4 is 23.1 Å². The number of carbonyl (C=O) groups excluding carboxylic acids is 1. The van der Waals surface area contributed by atoms with Gasteiger partial charge < -0.3 is 15.3 Å². The van der Waals surface area contributed by atoms with Crippen molar-refractivity contribution in [1.29, 1.82) is 0 Å². The van der Waals surface area contributed by atoms with Crippen LogP contribution in [0.3, 0.4) is 0 Å². The average Bonchev–Trinajstić information content (AvgIpc) is 3.14. The summed E-state index contributed by atoms with van der Waals surface area (Å²) < 4.78 is 39.9. The second-order valence-corrected chi connectivity index (χ2v) is 7.25. The quantitative estimate of drug-likeness (QED) is 0.633. The zero-order chi connectivity index (χ0) is 21.5. The Morgan fingerprint density at radius 3 is 2.57 bits per heavy atom. The number of piperidine rings is 1. The number of nitrogens with zero attached hydrogens (tertiary/aromatic N) is 5. The number of aromatic hydroxyl groups is 1. The third-order valence-electron chi connectivity index (χ3n) is 5.10. The Kier molecular flexibility index (Phi) is 4.96. The first-order chi connectivity index (χ1) is 14.2. The molecule has 0 atom stereocenters. The van der Waals surface area contributed by atoms with Gasteiger partial charge in [-0.2, -0.15) is 17.7 Å². The van der Waals surface area contributed by atoms with Crippen LogP contribution in [0.25, 0.3) is 5.65 Å². The van der Waals surface area contributed by atoms with Crippen LogP contribution in [-0.4, -0.2) is 43.9 Å². The Bertz CT molecular complexity index is 1090. The van der Waals surface area contributed by atoms with E-state index in [-0.39, 0.29) is 23.2 Å². The molecule has 1 fully saturated rings. The Hall–Kier alpha value is -3.37. The van der Waals surface area contributed by atoms with Gasteiger partial charge in [0.25, 0.3) is 5.82 Å². The highest BCUT2D eigenvalue weighted by Gasteiger charge is 2.38. The highest BCUT2D eigenvalue weighted by atomic mass is 19.4. The number of fused-ring (bicyclic) bond motifs is 1. The molecular formula is C19H19F3N6O2. The lowest BCUT2D eigenvalue weighted by Gasteiger charge is -2.32. The lowest BCUT2D eigenvalue weighted by molar-refractivity contribution is -0.146. The van der Waals surface area contributed by atoms with Crippen LogP contribution in [0.1, 0.15) is 24.2 Å². The smallest absolute Gasteiger partial charge is 0.453 e. The molecule has 0 aliphatic carbocycles. The number of hydrogen-bond acceptors (Lipinski definition) is 6. The van der Waals surface area contributed by atoms with Gasteiger partial charge in [0.05, 0.1) is 5.69 Å². The van der Waals surface area contributed by atoms with Gasteiger partial charge >= 0.3 is 6.18 Å². The molecule has 0 radical (unpaired) electrons. The normalized spacial score (nSPS) is 15.5. The molecule has 0 bridgehead atoms. The molecule has 0 unspecified atom stereocenters. The van der Waals surface area contributed by atoms with Crippen LogP contribution in [0, 0.1) is 12.8 Å². The summed E-state index contributed by atoms with van der Waals surface area (Å²) in [6.45, 7) is 2.75. The highest BCUT2D eigenvalue weighted by Crippen LogP contribution is 2.29. The van der Waals surface area contributed by atoms with E-state index >= 15 is 0 Å². The Morgan fingerprint density at radius 2 is 1.90 bits per heavy atom. The van der Waals surface area contributed by atoms with Crippen molar-refractivity contribution in [3.05, 3.63) is 41.7 Å². The van der Waals surface area contributed by atoms with E-state index in [0.29, 0.717) is 42.0 Å². The van der Waals surface area contributed by atoms with Crippen LogP contribution < -0.4 is 10.2 Å². The molecule has 8 nitrogen and oxygen atoms in total. The van der Waals surface area contributed by atoms with Crippen molar-refractivity contribution in [1.82, 2.24) is 19.8 Å². The predicted molar refractivity (Wildman–Crippen MR) is 102 cm³/mol. The van der Waals surface area contributed by atoms with Crippen molar-refractivity contribution in [2.24, 2.45) is 5.92 Å².